The zero-order valence-electron chi connectivity index (χ0n) is 17.6. The molecule has 3 rings (SSSR count). The van der Waals surface area contributed by atoms with Crippen molar-refractivity contribution in [3.05, 3.63) is 65.2 Å². The molecular weight excluding hydrogens is 348 g/mol. The summed E-state index contributed by atoms with van der Waals surface area (Å²) in [7, 11) is 6.38. The molecule has 1 saturated heterocycles. The molecule has 0 spiro atoms. The second-order valence-corrected chi connectivity index (χ2v) is 8.23. The first-order valence-electron chi connectivity index (χ1n) is 10.2. The fourth-order valence-corrected chi connectivity index (χ4v) is 3.93. The minimum Gasteiger partial charge on any atom is -0.378 e. The standard InChI is InChI=1S/C23H32N4O/c1-18-6-5-7-20(16-18)23(28)24-17-22(27-14-12-26(4)13-15-27)19-8-10-21(11-9-19)25(2)3/h5-11,16,22H,12-15,17H2,1-4H3,(H,24,28)/p+2/t22-/m1/s1. The van der Waals surface area contributed by atoms with Crippen LogP contribution in [0, 0.1) is 6.92 Å². The van der Waals surface area contributed by atoms with Gasteiger partial charge in [0.15, 0.2) is 0 Å². The van der Waals surface area contributed by atoms with Crippen LogP contribution in [-0.2, 0) is 0 Å². The number of likely N-dealkylation sites (N-methyl/N-ethyl adjacent to an activating group) is 1. The number of nitrogens with zero attached hydrogens (tertiary/aromatic N) is 1. The lowest BCUT2D eigenvalue weighted by molar-refractivity contribution is -1.02. The summed E-state index contributed by atoms with van der Waals surface area (Å²) in [5.41, 5.74) is 4.34. The van der Waals surface area contributed by atoms with Crippen molar-refractivity contribution in [3.63, 3.8) is 0 Å². The molecule has 0 aliphatic carbocycles. The predicted octanol–water partition coefficient (Wildman–Crippen LogP) is -0.0547. The molecule has 1 aliphatic heterocycles. The Labute approximate surface area is 168 Å². The molecule has 0 saturated carbocycles. The molecule has 2 aromatic carbocycles. The van der Waals surface area contributed by atoms with E-state index < -0.39 is 0 Å². The van der Waals surface area contributed by atoms with Crippen LogP contribution in [0.5, 0.6) is 0 Å². The molecule has 1 heterocycles. The van der Waals surface area contributed by atoms with Crippen LogP contribution in [0.1, 0.15) is 27.5 Å². The molecule has 1 fully saturated rings. The first-order chi connectivity index (χ1) is 13.4. The second kappa shape index (κ2) is 9.22. The Morgan fingerprint density at radius 2 is 1.75 bits per heavy atom. The number of carbonyl (C=O) groups is 1. The summed E-state index contributed by atoms with van der Waals surface area (Å²) in [5.74, 6) is 0.0118. The highest BCUT2D eigenvalue weighted by Gasteiger charge is 2.29. The minimum atomic E-state index is 0.0118. The van der Waals surface area contributed by atoms with E-state index in [1.807, 2.05) is 31.2 Å². The van der Waals surface area contributed by atoms with Crippen molar-refractivity contribution in [2.45, 2.75) is 13.0 Å². The first kappa shape index (κ1) is 20.4. The number of carbonyl (C=O) groups excluding carboxylic acids is 1. The third-order valence-corrected chi connectivity index (χ3v) is 5.80. The molecule has 28 heavy (non-hydrogen) atoms. The van der Waals surface area contributed by atoms with Crippen molar-refractivity contribution in [1.29, 1.82) is 0 Å². The third kappa shape index (κ3) is 5.12. The number of benzene rings is 2. The van der Waals surface area contributed by atoms with Crippen molar-refractivity contribution < 1.29 is 14.6 Å². The van der Waals surface area contributed by atoms with Gasteiger partial charge in [-0.25, -0.2) is 0 Å². The third-order valence-electron chi connectivity index (χ3n) is 5.80. The quantitative estimate of drug-likeness (QED) is 0.656. The van der Waals surface area contributed by atoms with Gasteiger partial charge in [0.2, 0.25) is 0 Å². The molecule has 150 valence electrons. The summed E-state index contributed by atoms with van der Waals surface area (Å²) >= 11 is 0. The van der Waals surface area contributed by atoms with Crippen molar-refractivity contribution in [3.8, 4) is 0 Å². The molecule has 1 amide bonds. The maximum absolute atomic E-state index is 12.7. The second-order valence-electron chi connectivity index (χ2n) is 8.23. The number of piperazine rings is 1. The smallest absolute Gasteiger partial charge is 0.251 e. The lowest BCUT2D eigenvalue weighted by atomic mass is 10.0. The van der Waals surface area contributed by atoms with E-state index in [9.17, 15) is 4.79 Å². The Morgan fingerprint density at radius 1 is 1.07 bits per heavy atom. The van der Waals surface area contributed by atoms with Gasteiger partial charge in [0.25, 0.3) is 5.91 Å². The van der Waals surface area contributed by atoms with Crippen LogP contribution < -0.4 is 20.0 Å². The summed E-state index contributed by atoms with van der Waals surface area (Å²) in [6.45, 7) is 7.28. The van der Waals surface area contributed by atoms with Gasteiger partial charge >= 0.3 is 0 Å². The lowest BCUT2D eigenvalue weighted by Gasteiger charge is -2.33. The molecule has 3 N–H and O–H groups in total. The number of amides is 1. The number of aryl methyl sites for hydroxylation is 1. The Kier molecular flexibility index (Phi) is 6.70. The summed E-state index contributed by atoms with van der Waals surface area (Å²) in [6, 6.07) is 16.8. The molecule has 5 heteroatoms. The number of quaternary nitrogens is 2. The molecule has 0 unspecified atom stereocenters. The van der Waals surface area contributed by atoms with Gasteiger partial charge in [0.05, 0.1) is 13.6 Å². The molecular formula is C23H34N4O+2. The molecule has 0 bridgehead atoms. The monoisotopic (exact) mass is 382 g/mol. The van der Waals surface area contributed by atoms with Gasteiger partial charge in [0, 0.05) is 30.9 Å². The fraction of sp³-hybridized carbons (Fsp3) is 0.435. The molecule has 2 aromatic rings. The number of rotatable bonds is 6. The first-order valence-corrected chi connectivity index (χ1v) is 10.2. The van der Waals surface area contributed by atoms with Gasteiger partial charge in [-0.15, -0.1) is 0 Å². The number of anilines is 1. The van der Waals surface area contributed by atoms with Crippen LogP contribution in [0.25, 0.3) is 0 Å². The Morgan fingerprint density at radius 3 is 2.36 bits per heavy atom. The van der Waals surface area contributed by atoms with E-state index in [1.165, 1.54) is 24.3 Å². The van der Waals surface area contributed by atoms with E-state index in [4.69, 9.17) is 0 Å². The van der Waals surface area contributed by atoms with Crippen LogP contribution in [0.3, 0.4) is 0 Å². The molecule has 1 atom stereocenters. The zero-order valence-corrected chi connectivity index (χ0v) is 17.6. The largest absolute Gasteiger partial charge is 0.378 e. The van der Waals surface area contributed by atoms with Crippen LogP contribution in [0.15, 0.2) is 48.5 Å². The summed E-state index contributed by atoms with van der Waals surface area (Å²) in [6.07, 6.45) is 0. The van der Waals surface area contributed by atoms with Crippen molar-refractivity contribution in [1.82, 2.24) is 5.32 Å². The number of nitrogens with one attached hydrogen (secondary N) is 3. The summed E-state index contributed by atoms with van der Waals surface area (Å²) in [4.78, 5) is 17.9. The number of hydrogen-bond donors (Lipinski definition) is 3. The fourth-order valence-electron chi connectivity index (χ4n) is 3.93. The van der Waals surface area contributed by atoms with E-state index in [2.05, 4.69) is 55.6 Å². The average Bonchev–Trinajstić information content (AvgIpc) is 2.69. The van der Waals surface area contributed by atoms with Crippen molar-refractivity contribution in [2.24, 2.45) is 0 Å². The highest BCUT2D eigenvalue weighted by Crippen LogP contribution is 2.16. The maximum atomic E-state index is 12.7. The van der Waals surface area contributed by atoms with Crippen LogP contribution >= 0.6 is 0 Å². The van der Waals surface area contributed by atoms with Gasteiger partial charge < -0.3 is 20.0 Å². The van der Waals surface area contributed by atoms with E-state index in [1.54, 1.807) is 9.80 Å². The Balaban J connectivity index is 1.75. The summed E-state index contributed by atoms with van der Waals surface area (Å²) in [5, 5.41) is 3.19. The SMILES string of the molecule is Cc1cccc(C(=O)NC[C@H](c2ccc(N(C)C)cc2)[NH+]2CC[NH+](C)CC2)c1. The lowest BCUT2D eigenvalue weighted by Crippen LogP contribution is -3.27. The van der Waals surface area contributed by atoms with Crippen LogP contribution in [0.2, 0.25) is 0 Å². The minimum absolute atomic E-state index is 0.0118. The van der Waals surface area contributed by atoms with Gasteiger partial charge in [0.1, 0.15) is 32.2 Å². The highest BCUT2D eigenvalue weighted by molar-refractivity contribution is 5.94. The summed E-state index contributed by atoms with van der Waals surface area (Å²) < 4.78 is 0. The van der Waals surface area contributed by atoms with E-state index in [0.29, 0.717) is 6.54 Å². The van der Waals surface area contributed by atoms with Gasteiger partial charge in [-0.1, -0.05) is 29.8 Å². The van der Waals surface area contributed by atoms with E-state index >= 15 is 0 Å². The Hall–Kier alpha value is -2.37. The topological polar surface area (TPSA) is 41.2 Å². The maximum Gasteiger partial charge on any atom is 0.251 e. The molecule has 1 aliphatic rings. The van der Waals surface area contributed by atoms with Gasteiger partial charge in [-0.2, -0.15) is 0 Å². The van der Waals surface area contributed by atoms with Crippen molar-refractivity contribution >= 4 is 11.6 Å². The molecule has 5 nitrogen and oxygen atoms in total. The normalized spacial score (nSPS) is 20.4. The zero-order chi connectivity index (χ0) is 20.1. The average molecular weight is 383 g/mol. The van der Waals surface area contributed by atoms with E-state index in [0.717, 1.165) is 24.2 Å². The van der Waals surface area contributed by atoms with Crippen molar-refractivity contribution in [2.75, 3.05) is 58.8 Å². The number of hydrogen-bond acceptors (Lipinski definition) is 2. The Bertz CT molecular complexity index is 779. The van der Waals surface area contributed by atoms with Gasteiger partial charge in [-0.05, 0) is 31.2 Å². The van der Waals surface area contributed by atoms with Gasteiger partial charge in [-0.3, -0.25) is 4.79 Å². The molecule has 0 aromatic heterocycles. The predicted molar refractivity (Wildman–Crippen MR) is 114 cm³/mol. The van der Waals surface area contributed by atoms with E-state index in [-0.39, 0.29) is 11.9 Å². The van der Waals surface area contributed by atoms with Crippen LogP contribution in [0.4, 0.5) is 5.69 Å². The highest BCUT2D eigenvalue weighted by atomic mass is 16.1. The molecule has 0 radical (unpaired) electrons. The van der Waals surface area contributed by atoms with Crippen LogP contribution in [-0.4, -0.2) is 59.8 Å².